The third-order valence-corrected chi connectivity index (χ3v) is 5.05. The van der Waals surface area contributed by atoms with E-state index in [1.165, 1.54) is 0 Å². The quantitative estimate of drug-likeness (QED) is 0.755. The molecule has 2 atom stereocenters. The first-order valence-corrected chi connectivity index (χ1v) is 9.10. The molecule has 0 spiro atoms. The second-order valence-electron chi connectivity index (χ2n) is 7.02. The van der Waals surface area contributed by atoms with E-state index < -0.39 is 0 Å². The Kier molecular flexibility index (Phi) is 4.67. The van der Waals surface area contributed by atoms with E-state index in [2.05, 4.69) is 38.2 Å². The number of likely N-dealkylation sites (tertiary alicyclic amines) is 1. The van der Waals surface area contributed by atoms with E-state index in [9.17, 15) is 0 Å². The van der Waals surface area contributed by atoms with Gasteiger partial charge < -0.3 is 11.1 Å². The smallest absolute Gasteiger partial charge is 0.225 e. The van der Waals surface area contributed by atoms with Crippen molar-refractivity contribution in [1.29, 1.82) is 0 Å². The van der Waals surface area contributed by atoms with Gasteiger partial charge in [0.15, 0.2) is 0 Å². The summed E-state index contributed by atoms with van der Waals surface area (Å²) in [7, 11) is 0. The summed E-state index contributed by atoms with van der Waals surface area (Å²) in [5, 5.41) is 4.40. The standard InChI is InChI=1S/C20H24N6/c1-14-12-26(13-15-6-4-5-10-22-15)11-9-17(14)23-20-24-18-8-3-2-7-16(18)19(21)25-20/h2-8,10,14,17H,9,11-13H2,1H3,(H3,21,23,24,25). The summed E-state index contributed by atoms with van der Waals surface area (Å²) in [5.74, 6) is 1.64. The van der Waals surface area contributed by atoms with Gasteiger partial charge in [-0.2, -0.15) is 4.98 Å². The highest BCUT2D eigenvalue weighted by Gasteiger charge is 2.27. The van der Waals surface area contributed by atoms with Gasteiger partial charge in [0, 0.05) is 37.3 Å². The van der Waals surface area contributed by atoms with Crippen molar-refractivity contribution in [2.24, 2.45) is 5.92 Å². The molecule has 0 radical (unpaired) electrons. The number of pyridine rings is 1. The van der Waals surface area contributed by atoms with Crippen LogP contribution in [0.1, 0.15) is 19.0 Å². The van der Waals surface area contributed by atoms with Crippen molar-refractivity contribution >= 4 is 22.7 Å². The Balaban J connectivity index is 1.42. The van der Waals surface area contributed by atoms with Crippen LogP contribution in [-0.4, -0.2) is 39.0 Å². The fourth-order valence-corrected chi connectivity index (χ4v) is 3.64. The third kappa shape index (κ3) is 3.60. The summed E-state index contributed by atoms with van der Waals surface area (Å²) in [4.78, 5) is 16.0. The van der Waals surface area contributed by atoms with Gasteiger partial charge in [-0.25, -0.2) is 4.98 Å². The molecule has 0 saturated carbocycles. The second-order valence-corrected chi connectivity index (χ2v) is 7.02. The maximum Gasteiger partial charge on any atom is 0.225 e. The molecule has 1 aliphatic heterocycles. The van der Waals surface area contributed by atoms with Gasteiger partial charge in [-0.05, 0) is 36.6 Å². The van der Waals surface area contributed by atoms with Crippen molar-refractivity contribution in [3.8, 4) is 0 Å². The molecule has 2 aromatic heterocycles. The molecule has 4 rings (SSSR count). The van der Waals surface area contributed by atoms with Crippen molar-refractivity contribution in [1.82, 2.24) is 19.9 Å². The molecule has 0 bridgehead atoms. The largest absolute Gasteiger partial charge is 0.383 e. The highest BCUT2D eigenvalue weighted by atomic mass is 15.2. The van der Waals surface area contributed by atoms with Gasteiger partial charge in [0.1, 0.15) is 5.82 Å². The summed E-state index contributed by atoms with van der Waals surface area (Å²) in [6.07, 6.45) is 2.90. The SMILES string of the molecule is CC1CN(Cc2ccccn2)CCC1Nc1nc(N)c2ccccc2n1. The molecule has 0 aliphatic carbocycles. The van der Waals surface area contributed by atoms with E-state index in [0.29, 0.717) is 23.7 Å². The molecule has 1 aliphatic rings. The highest BCUT2D eigenvalue weighted by Crippen LogP contribution is 2.24. The Morgan fingerprint density at radius 1 is 1.15 bits per heavy atom. The second kappa shape index (κ2) is 7.25. The van der Waals surface area contributed by atoms with Crippen LogP contribution >= 0.6 is 0 Å². The van der Waals surface area contributed by atoms with Crippen molar-refractivity contribution in [3.63, 3.8) is 0 Å². The van der Waals surface area contributed by atoms with E-state index in [-0.39, 0.29) is 0 Å². The Bertz CT molecular complexity index is 882. The summed E-state index contributed by atoms with van der Waals surface area (Å²) in [6.45, 7) is 5.23. The third-order valence-electron chi connectivity index (χ3n) is 5.05. The minimum absolute atomic E-state index is 0.343. The number of nitrogens with two attached hydrogens (primary N) is 1. The molecule has 0 amide bonds. The van der Waals surface area contributed by atoms with Crippen LogP contribution in [0.5, 0.6) is 0 Å². The van der Waals surface area contributed by atoms with Gasteiger partial charge >= 0.3 is 0 Å². The zero-order chi connectivity index (χ0) is 17.9. The van der Waals surface area contributed by atoms with Crippen LogP contribution in [0.2, 0.25) is 0 Å². The van der Waals surface area contributed by atoms with Gasteiger partial charge in [-0.3, -0.25) is 9.88 Å². The first kappa shape index (κ1) is 16.7. The Morgan fingerprint density at radius 3 is 2.81 bits per heavy atom. The van der Waals surface area contributed by atoms with Crippen LogP contribution in [-0.2, 0) is 6.54 Å². The number of benzene rings is 1. The van der Waals surface area contributed by atoms with Gasteiger partial charge in [0.2, 0.25) is 5.95 Å². The highest BCUT2D eigenvalue weighted by molar-refractivity contribution is 5.88. The van der Waals surface area contributed by atoms with Gasteiger partial charge in [-0.1, -0.05) is 25.1 Å². The maximum absolute atomic E-state index is 6.10. The molecule has 3 heterocycles. The first-order chi connectivity index (χ1) is 12.7. The Hall–Kier alpha value is -2.73. The van der Waals surface area contributed by atoms with Crippen LogP contribution in [0, 0.1) is 5.92 Å². The number of nitrogen functional groups attached to an aromatic ring is 1. The van der Waals surface area contributed by atoms with E-state index >= 15 is 0 Å². The predicted octanol–water partition coefficient (Wildman–Crippen LogP) is 2.93. The number of nitrogens with one attached hydrogen (secondary N) is 1. The molecule has 6 heteroatoms. The number of hydrogen-bond acceptors (Lipinski definition) is 6. The fourth-order valence-electron chi connectivity index (χ4n) is 3.64. The molecule has 1 fully saturated rings. The minimum Gasteiger partial charge on any atom is -0.383 e. The lowest BCUT2D eigenvalue weighted by atomic mass is 9.94. The number of fused-ring (bicyclic) bond motifs is 1. The van der Waals surface area contributed by atoms with Crippen LogP contribution in [0.3, 0.4) is 0 Å². The van der Waals surface area contributed by atoms with Crippen LogP contribution in [0.15, 0.2) is 48.7 Å². The zero-order valence-corrected chi connectivity index (χ0v) is 15.0. The Morgan fingerprint density at radius 2 is 2.00 bits per heavy atom. The van der Waals surface area contributed by atoms with E-state index in [0.717, 1.165) is 42.7 Å². The average Bonchev–Trinajstić information content (AvgIpc) is 2.65. The topological polar surface area (TPSA) is 80.0 Å². The molecular weight excluding hydrogens is 324 g/mol. The number of rotatable bonds is 4. The van der Waals surface area contributed by atoms with Crippen LogP contribution in [0.25, 0.3) is 10.9 Å². The number of anilines is 2. The monoisotopic (exact) mass is 348 g/mol. The lowest BCUT2D eigenvalue weighted by molar-refractivity contribution is 0.163. The van der Waals surface area contributed by atoms with Crippen molar-refractivity contribution in [2.75, 3.05) is 24.1 Å². The Labute approximate surface area is 153 Å². The molecule has 2 unspecified atom stereocenters. The average molecular weight is 348 g/mol. The lowest BCUT2D eigenvalue weighted by Crippen LogP contribution is -2.45. The number of piperidine rings is 1. The molecule has 1 aromatic carbocycles. The molecule has 6 nitrogen and oxygen atoms in total. The summed E-state index contributed by atoms with van der Waals surface area (Å²) >= 11 is 0. The minimum atomic E-state index is 0.343. The molecule has 3 aromatic rings. The van der Waals surface area contributed by atoms with E-state index in [1.54, 1.807) is 0 Å². The van der Waals surface area contributed by atoms with Crippen LogP contribution < -0.4 is 11.1 Å². The van der Waals surface area contributed by atoms with E-state index in [4.69, 9.17) is 5.73 Å². The zero-order valence-electron chi connectivity index (χ0n) is 15.0. The molecular formula is C20H24N6. The number of aromatic nitrogens is 3. The summed E-state index contributed by atoms with van der Waals surface area (Å²) in [6, 6.07) is 14.3. The predicted molar refractivity (Wildman–Crippen MR) is 105 cm³/mol. The normalized spacial score (nSPS) is 21.0. The molecule has 26 heavy (non-hydrogen) atoms. The molecule has 134 valence electrons. The molecule has 1 saturated heterocycles. The van der Waals surface area contributed by atoms with Gasteiger partial charge in [0.05, 0.1) is 11.2 Å². The number of hydrogen-bond donors (Lipinski definition) is 2. The number of nitrogens with zero attached hydrogens (tertiary/aromatic N) is 4. The lowest BCUT2D eigenvalue weighted by Gasteiger charge is -2.37. The maximum atomic E-state index is 6.10. The van der Waals surface area contributed by atoms with Gasteiger partial charge in [-0.15, -0.1) is 0 Å². The number of para-hydroxylation sites is 1. The van der Waals surface area contributed by atoms with Crippen molar-refractivity contribution in [3.05, 3.63) is 54.4 Å². The summed E-state index contributed by atoms with van der Waals surface area (Å²) in [5.41, 5.74) is 8.10. The van der Waals surface area contributed by atoms with Gasteiger partial charge in [0.25, 0.3) is 0 Å². The van der Waals surface area contributed by atoms with Crippen molar-refractivity contribution in [2.45, 2.75) is 25.9 Å². The summed E-state index contributed by atoms with van der Waals surface area (Å²) < 4.78 is 0. The van der Waals surface area contributed by atoms with Crippen molar-refractivity contribution < 1.29 is 0 Å². The van der Waals surface area contributed by atoms with E-state index in [1.807, 2.05) is 42.6 Å². The molecule has 3 N–H and O–H groups in total. The fraction of sp³-hybridized carbons (Fsp3) is 0.350. The first-order valence-electron chi connectivity index (χ1n) is 9.10. The van der Waals surface area contributed by atoms with Crippen LogP contribution in [0.4, 0.5) is 11.8 Å².